The van der Waals surface area contributed by atoms with E-state index in [-0.39, 0.29) is 29.6 Å². The number of piperidine rings is 1. The molecule has 3 rings (SSSR count). The van der Waals surface area contributed by atoms with Gasteiger partial charge in [-0.1, -0.05) is 25.0 Å². The first-order valence-electron chi connectivity index (χ1n) is 10.1. The van der Waals surface area contributed by atoms with Crippen molar-refractivity contribution in [1.29, 1.82) is 0 Å². The number of hydrogen-bond acceptors (Lipinski definition) is 4. The van der Waals surface area contributed by atoms with Gasteiger partial charge in [0.2, 0.25) is 11.8 Å². The minimum atomic E-state index is -0.599. The van der Waals surface area contributed by atoms with Crippen molar-refractivity contribution < 1.29 is 14.4 Å². The van der Waals surface area contributed by atoms with Gasteiger partial charge in [-0.2, -0.15) is 0 Å². The highest BCUT2D eigenvalue weighted by Gasteiger charge is 2.35. The second-order valence-corrected chi connectivity index (χ2v) is 8.55. The summed E-state index contributed by atoms with van der Waals surface area (Å²) in [6, 6.07) is 2.97. The predicted molar refractivity (Wildman–Crippen MR) is 110 cm³/mol. The van der Waals surface area contributed by atoms with Crippen LogP contribution in [0.1, 0.15) is 48.2 Å². The minimum Gasteiger partial charge on any atom is -0.351 e. The summed E-state index contributed by atoms with van der Waals surface area (Å²) in [5, 5.41) is 7.57. The zero-order chi connectivity index (χ0) is 19.9. The third kappa shape index (κ3) is 5.01. The van der Waals surface area contributed by atoms with E-state index in [9.17, 15) is 14.4 Å². The molecule has 2 N–H and O–H groups in total. The first-order valence-corrected chi connectivity index (χ1v) is 11.0. The number of likely N-dealkylation sites (tertiary alicyclic amines) is 1. The SMILES string of the molecule is C=CCNC(=O)[C@H](NC(=O)c1cccs1)C1CCN(C(=O)C2CCCC2)CC1. The Balaban J connectivity index is 1.61. The maximum absolute atomic E-state index is 12.7. The Morgan fingerprint density at radius 3 is 2.54 bits per heavy atom. The highest BCUT2D eigenvalue weighted by Crippen LogP contribution is 2.29. The van der Waals surface area contributed by atoms with Crippen molar-refractivity contribution in [3.8, 4) is 0 Å². The van der Waals surface area contributed by atoms with Crippen LogP contribution in [0.3, 0.4) is 0 Å². The molecule has 1 aromatic heterocycles. The second kappa shape index (κ2) is 9.87. The maximum atomic E-state index is 12.7. The highest BCUT2D eigenvalue weighted by atomic mass is 32.1. The van der Waals surface area contributed by atoms with Gasteiger partial charge in [-0.15, -0.1) is 17.9 Å². The normalized spacial score (nSPS) is 19.2. The average molecular weight is 404 g/mol. The van der Waals surface area contributed by atoms with Gasteiger partial charge < -0.3 is 15.5 Å². The molecule has 2 fully saturated rings. The maximum Gasteiger partial charge on any atom is 0.262 e. The molecule has 28 heavy (non-hydrogen) atoms. The Bertz CT molecular complexity index is 690. The van der Waals surface area contributed by atoms with Gasteiger partial charge in [-0.3, -0.25) is 14.4 Å². The third-order valence-corrected chi connectivity index (χ3v) is 6.63. The Hall–Kier alpha value is -2.15. The molecule has 6 nitrogen and oxygen atoms in total. The summed E-state index contributed by atoms with van der Waals surface area (Å²) in [7, 11) is 0. The smallest absolute Gasteiger partial charge is 0.262 e. The summed E-state index contributed by atoms with van der Waals surface area (Å²) < 4.78 is 0. The molecule has 2 heterocycles. The molecule has 0 unspecified atom stereocenters. The van der Waals surface area contributed by atoms with E-state index in [4.69, 9.17) is 0 Å². The quantitative estimate of drug-likeness (QED) is 0.687. The first-order chi connectivity index (χ1) is 13.6. The lowest BCUT2D eigenvalue weighted by atomic mass is 9.88. The lowest BCUT2D eigenvalue weighted by Gasteiger charge is -2.36. The Kier molecular flexibility index (Phi) is 7.25. The highest BCUT2D eigenvalue weighted by molar-refractivity contribution is 7.12. The molecule has 152 valence electrons. The van der Waals surface area contributed by atoms with E-state index in [2.05, 4.69) is 17.2 Å². The topological polar surface area (TPSA) is 78.5 Å². The van der Waals surface area contributed by atoms with Crippen molar-refractivity contribution in [3.63, 3.8) is 0 Å². The van der Waals surface area contributed by atoms with Crippen LogP contribution in [-0.4, -0.2) is 48.3 Å². The van der Waals surface area contributed by atoms with E-state index in [0.717, 1.165) is 38.5 Å². The molecule has 1 aliphatic heterocycles. The van der Waals surface area contributed by atoms with Gasteiger partial charge in [0.25, 0.3) is 5.91 Å². The Morgan fingerprint density at radius 1 is 1.21 bits per heavy atom. The molecule has 0 aromatic carbocycles. The zero-order valence-electron chi connectivity index (χ0n) is 16.2. The van der Waals surface area contributed by atoms with Crippen molar-refractivity contribution >= 4 is 29.1 Å². The molecular weight excluding hydrogens is 374 g/mol. The molecule has 2 aliphatic rings. The van der Waals surface area contributed by atoms with Crippen LogP contribution in [0.4, 0.5) is 0 Å². The molecule has 0 spiro atoms. The Labute approximate surface area is 170 Å². The van der Waals surface area contributed by atoms with E-state index >= 15 is 0 Å². The van der Waals surface area contributed by atoms with E-state index in [1.807, 2.05) is 16.3 Å². The summed E-state index contributed by atoms with van der Waals surface area (Å²) in [5.41, 5.74) is 0. The zero-order valence-corrected chi connectivity index (χ0v) is 17.0. The van der Waals surface area contributed by atoms with Crippen LogP contribution in [0.25, 0.3) is 0 Å². The monoisotopic (exact) mass is 403 g/mol. The average Bonchev–Trinajstić information content (AvgIpc) is 3.44. The second-order valence-electron chi connectivity index (χ2n) is 7.61. The number of carbonyl (C=O) groups excluding carboxylic acids is 3. The summed E-state index contributed by atoms with van der Waals surface area (Å²) in [5.74, 6) is 0.0537. The fraction of sp³-hybridized carbons (Fsp3) is 0.571. The van der Waals surface area contributed by atoms with Gasteiger partial charge in [-0.05, 0) is 43.0 Å². The minimum absolute atomic E-state index is 0.0151. The van der Waals surface area contributed by atoms with Crippen LogP contribution in [0, 0.1) is 11.8 Å². The molecule has 0 radical (unpaired) electrons. The molecule has 1 aromatic rings. The summed E-state index contributed by atoms with van der Waals surface area (Å²) in [6.07, 6.45) is 7.36. The lowest BCUT2D eigenvalue weighted by molar-refractivity contribution is -0.137. The van der Waals surface area contributed by atoms with E-state index in [1.165, 1.54) is 11.3 Å². The molecule has 1 aliphatic carbocycles. The van der Waals surface area contributed by atoms with Crippen molar-refractivity contribution in [1.82, 2.24) is 15.5 Å². The fourth-order valence-electron chi connectivity index (χ4n) is 4.18. The van der Waals surface area contributed by atoms with Crippen molar-refractivity contribution in [2.24, 2.45) is 11.8 Å². The van der Waals surface area contributed by atoms with Crippen LogP contribution in [0.2, 0.25) is 0 Å². The van der Waals surface area contributed by atoms with Crippen LogP contribution in [0.15, 0.2) is 30.2 Å². The van der Waals surface area contributed by atoms with E-state index in [1.54, 1.807) is 12.1 Å². The van der Waals surface area contributed by atoms with Crippen LogP contribution < -0.4 is 10.6 Å². The molecule has 1 saturated heterocycles. The van der Waals surface area contributed by atoms with Crippen LogP contribution in [-0.2, 0) is 9.59 Å². The summed E-state index contributed by atoms with van der Waals surface area (Å²) in [6.45, 7) is 5.30. The molecular formula is C21H29N3O3S. The van der Waals surface area contributed by atoms with Crippen molar-refractivity contribution in [2.45, 2.75) is 44.6 Å². The van der Waals surface area contributed by atoms with Crippen LogP contribution >= 0.6 is 11.3 Å². The molecule has 1 saturated carbocycles. The molecule has 0 bridgehead atoms. The van der Waals surface area contributed by atoms with Crippen LogP contribution in [0.5, 0.6) is 0 Å². The standard InChI is InChI=1S/C21H29N3O3S/c1-2-11-22-20(26)18(23-19(25)17-8-5-14-28-17)15-9-12-24(13-10-15)21(27)16-6-3-4-7-16/h2,5,8,14-16,18H,1,3-4,6-7,9-13H2,(H,22,26)(H,23,25)/t18-/m1/s1. The summed E-state index contributed by atoms with van der Waals surface area (Å²) in [4.78, 5) is 40.4. The van der Waals surface area contributed by atoms with Gasteiger partial charge >= 0.3 is 0 Å². The van der Waals surface area contributed by atoms with Gasteiger partial charge in [0, 0.05) is 25.6 Å². The first kappa shape index (κ1) is 20.6. The van der Waals surface area contributed by atoms with Crippen molar-refractivity contribution in [3.05, 3.63) is 35.0 Å². The van der Waals surface area contributed by atoms with E-state index in [0.29, 0.717) is 24.5 Å². The predicted octanol–water partition coefficient (Wildman–Crippen LogP) is 2.58. The van der Waals surface area contributed by atoms with E-state index < -0.39 is 6.04 Å². The van der Waals surface area contributed by atoms with Gasteiger partial charge in [0.05, 0.1) is 4.88 Å². The largest absolute Gasteiger partial charge is 0.351 e. The molecule has 1 atom stereocenters. The fourth-order valence-corrected chi connectivity index (χ4v) is 4.81. The number of thiophene rings is 1. The van der Waals surface area contributed by atoms with Gasteiger partial charge in [-0.25, -0.2) is 0 Å². The molecule has 7 heteroatoms. The lowest BCUT2D eigenvalue weighted by Crippen LogP contribution is -2.54. The molecule has 3 amide bonds. The number of rotatable bonds is 7. The van der Waals surface area contributed by atoms with Gasteiger partial charge in [0.1, 0.15) is 6.04 Å². The number of hydrogen-bond donors (Lipinski definition) is 2. The van der Waals surface area contributed by atoms with Crippen molar-refractivity contribution in [2.75, 3.05) is 19.6 Å². The number of amides is 3. The number of carbonyl (C=O) groups is 3. The summed E-state index contributed by atoms with van der Waals surface area (Å²) >= 11 is 1.35. The number of nitrogens with zero attached hydrogens (tertiary/aromatic N) is 1. The Morgan fingerprint density at radius 2 is 1.93 bits per heavy atom. The number of nitrogens with one attached hydrogen (secondary N) is 2. The third-order valence-electron chi connectivity index (χ3n) is 5.76. The van der Waals surface area contributed by atoms with Gasteiger partial charge in [0.15, 0.2) is 0 Å².